The molecule has 0 fully saturated rings. The Hall–Kier alpha value is -1.23. The molecule has 0 radical (unpaired) electrons. The number of nitrogens with one attached hydrogen (secondary N) is 1. The van der Waals surface area contributed by atoms with Gasteiger partial charge in [0.2, 0.25) is 10.0 Å². The molecular weight excluding hydrogens is 260 g/mol. The molecule has 1 N–H and O–H groups in total. The Morgan fingerprint density at radius 2 is 2.18 bits per heavy atom. The van der Waals surface area contributed by atoms with Crippen molar-refractivity contribution in [1.82, 2.24) is 4.72 Å². The zero-order chi connectivity index (χ0) is 13.1. The Labute approximate surface area is 104 Å². The summed E-state index contributed by atoms with van der Waals surface area (Å²) < 4.78 is 25.7. The summed E-state index contributed by atoms with van der Waals surface area (Å²) in [5.74, 6) is -0.388. The van der Waals surface area contributed by atoms with Gasteiger partial charge >= 0.3 is 0 Å². The lowest BCUT2D eigenvalue weighted by Gasteiger charge is -2.05. The molecule has 1 rings (SSSR count). The van der Waals surface area contributed by atoms with Crippen molar-refractivity contribution in [3.63, 3.8) is 0 Å². The molecular formula is C10H12N2O3S2. The van der Waals surface area contributed by atoms with Gasteiger partial charge in [-0.05, 0) is 12.1 Å². The van der Waals surface area contributed by atoms with Crippen molar-refractivity contribution in [2.75, 3.05) is 6.54 Å². The number of hydrogen-bond acceptors (Lipinski definition) is 5. The number of carbonyl (C=O) groups excluding carboxylic acids is 1. The minimum atomic E-state index is -3.68. The number of hydrogen-bond donors (Lipinski definition) is 1. The predicted octanol–water partition coefficient (Wildman–Crippen LogP) is 1.12. The maximum atomic E-state index is 11.7. The number of ketones is 1. The monoisotopic (exact) mass is 272 g/mol. The molecule has 1 aromatic heterocycles. The third kappa shape index (κ3) is 3.63. The van der Waals surface area contributed by atoms with E-state index >= 15 is 0 Å². The van der Waals surface area contributed by atoms with Crippen LogP contribution in [0.2, 0.25) is 0 Å². The van der Waals surface area contributed by atoms with Gasteiger partial charge in [-0.2, -0.15) is 5.26 Å². The first-order valence-electron chi connectivity index (χ1n) is 4.89. The van der Waals surface area contributed by atoms with Gasteiger partial charge in [-0.15, -0.1) is 11.3 Å². The average molecular weight is 272 g/mol. The molecule has 17 heavy (non-hydrogen) atoms. The fraction of sp³-hybridized carbons (Fsp3) is 0.400. The average Bonchev–Trinajstić information content (AvgIpc) is 2.75. The molecule has 92 valence electrons. The third-order valence-corrected chi connectivity index (χ3v) is 4.92. The highest BCUT2D eigenvalue weighted by Gasteiger charge is 2.18. The molecule has 0 saturated carbocycles. The van der Waals surface area contributed by atoms with Gasteiger partial charge < -0.3 is 0 Å². The molecule has 0 aliphatic carbocycles. The Bertz CT molecular complexity index is 552. The topological polar surface area (TPSA) is 87.0 Å². The number of thiophene rings is 1. The van der Waals surface area contributed by atoms with Crippen LogP contribution in [0.1, 0.15) is 18.7 Å². The van der Waals surface area contributed by atoms with E-state index in [0.29, 0.717) is 4.88 Å². The van der Waals surface area contributed by atoms with Crippen LogP contribution in [-0.2, 0) is 14.8 Å². The van der Waals surface area contributed by atoms with Crippen LogP contribution in [-0.4, -0.2) is 20.7 Å². The highest BCUT2D eigenvalue weighted by Crippen LogP contribution is 2.20. The van der Waals surface area contributed by atoms with Crippen molar-refractivity contribution in [3.05, 3.63) is 17.0 Å². The molecule has 0 aliphatic heterocycles. The second-order valence-electron chi connectivity index (χ2n) is 3.68. The summed E-state index contributed by atoms with van der Waals surface area (Å²) in [5.41, 5.74) is 0. The van der Waals surface area contributed by atoms with Crippen LogP contribution < -0.4 is 4.72 Å². The van der Waals surface area contributed by atoms with E-state index in [-0.39, 0.29) is 22.5 Å². The third-order valence-electron chi connectivity index (χ3n) is 2.04. The van der Waals surface area contributed by atoms with Gasteiger partial charge in [0.05, 0.1) is 6.54 Å². The van der Waals surface area contributed by atoms with Crippen molar-refractivity contribution in [3.8, 4) is 6.07 Å². The lowest BCUT2D eigenvalue weighted by atomic mass is 10.1. The number of carbonyl (C=O) groups is 1. The minimum absolute atomic E-state index is 0.0469. The normalized spacial score (nSPS) is 11.4. The Balaban J connectivity index is 2.76. The lowest BCUT2D eigenvalue weighted by Crippen LogP contribution is -2.31. The number of nitriles is 1. The SMILES string of the molecule is CC(C)C(=O)CNS(=O)(=O)c1ccc(C#N)s1. The molecule has 1 aromatic rings. The van der Waals surface area contributed by atoms with E-state index in [2.05, 4.69) is 4.72 Å². The first-order valence-corrected chi connectivity index (χ1v) is 7.19. The molecule has 0 saturated heterocycles. The number of rotatable bonds is 5. The van der Waals surface area contributed by atoms with E-state index < -0.39 is 10.0 Å². The second-order valence-corrected chi connectivity index (χ2v) is 6.75. The maximum Gasteiger partial charge on any atom is 0.250 e. The van der Waals surface area contributed by atoms with Crippen molar-refractivity contribution in [2.24, 2.45) is 5.92 Å². The van der Waals surface area contributed by atoms with Gasteiger partial charge in [0.15, 0.2) is 0 Å². The quantitative estimate of drug-likeness (QED) is 0.870. The molecule has 5 nitrogen and oxygen atoms in total. The van der Waals surface area contributed by atoms with E-state index in [1.807, 2.05) is 6.07 Å². The maximum absolute atomic E-state index is 11.7. The lowest BCUT2D eigenvalue weighted by molar-refractivity contribution is -0.120. The van der Waals surface area contributed by atoms with Gasteiger partial charge in [0.25, 0.3) is 0 Å². The van der Waals surface area contributed by atoms with Crippen LogP contribution in [0.3, 0.4) is 0 Å². The zero-order valence-corrected chi connectivity index (χ0v) is 11.1. The summed E-state index contributed by atoms with van der Waals surface area (Å²) in [6.07, 6.45) is 0. The highest BCUT2D eigenvalue weighted by atomic mass is 32.2. The van der Waals surface area contributed by atoms with Crippen LogP contribution in [0.25, 0.3) is 0 Å². The van der Waals surface area contributed by atoms with Crippen molar-refractivity contribution in [1.29, 1.82) is 5.26 Å². The summed E-state index contributed by atoms with van der Waals surface area (Å²) in [6.45, 7) is 3.19. The first-order chi connectivity index (χ1) is 7.86. The molecule has 7 heteroatoms. The number of Topliss-reactive ketones (excluding diaryl/α,β-unsaturated/α-hetero) is 1. The molecule has 0 aliphatic rings. The summed E-state index contributed by atoms with van der Waals surface area (Å²) in [5, 5.41) is 8.60. The summed E-state index contributed by atoms with van der Waals surface area (Å²) >= 11 is 0.877. The van der Waals surface area contributed by atoms with E-state index in [0.717, 1.165) is 11.3 Å². The Morgan fingerprint density at radius 3 is 2.65 bits per heavy atom. The van der Waals surface area contributed by atoms with Crippen molar-refractivity contribution >= 4 is 27.1 Å². The Morgan fingerprint density at radius 1 is 1.53 bits per heavy atom. The predicted molar refractivity (Wildman–Crippen MR) is 64.1 cm³/mol. The zero-order valence-electron chi connectivity index (χ0n) is 9.43. The van der Waals surface area contributed by atoms with Gasteiger partial charge in [-0.3, -0.25) is 4.79 Å². The molecule has 1 heterocycles. The van der Waals surface area contributed by atoms with Crippen LogP contribution in [0.15, 0.2) is 16.3 Å². The summed E-state index contributed by atoms with van der Waals surface area (Å²) in [6, 6.07) is 4.65. The minimum Gasteiger partial charge on any atom is -0.298 e. The van der Waals surface area contributed by atoms with E-state index in [9.17, 15) is 13.2 Å². The van der Waals surface area contributed by atoms with Crippen LogP contribution in [0.5, 0.6) is 0 Å². The van der Waals surface area contributed by atoms with Gasteiger partial charge in [-0.1, -0.05) is 13.8 Å². The van der Waals surface area contributed by atoms with Crippen LogP contribution in [0.4, 0.5) is 0 Å². The second kappa shape index (κ2) is 5.40. The van der Waals surface area contributed by atoms with E-state index in [4.69, 9.17) is 5.26 Å². The number of sulfonamides is 1. The van der Waals surface area contributed by atoms with Gasteiger partial charge in [0.1, 0.15) is 20.9 Å². The van der Waals surface area contributed by atoms with Crippen LogP contribution in [0, 0.1) is 17.2 Å². The largest absolute Gasteiger partial charge is 0.298 e. The van der Waals surface area contributed by atoms with E-state index in [1.165, 1.54) is 12.1 Å². The van der Waals surface area contributed by atoms with Gasteiger partial charge in [-0.25, -0.2) is 13.1 Å². The summed E-state index contributed by atoms with van der Waals surface area (Å²) in [7, 11) is -3.68. The fourth-order valence-corrected chi connectivity index (χ4v) is 3.11. The number of nitrogens with zero attached hydrogens (tertiary/aromatic N) is 1. The molecule has 0 spiro atoms. The Kier molecular flexibility index (Phi) is 4.40. The molecule has 0 bridgehead atoms. The first kappa shape index (κ1) is 13.8. The van der Waals surface area contributed by atoms with Gasteiger partial charge in [0, 0.05) is 5.92 Å². The summed E-state index contributed by atoms with van der Waals surface area (Å²) in [4.78, 5) is 11.6. The van der Waals surface area contributed by atoms with Crippen molar-refractivity contribution < 1.29 is 13.2 Å². The molecule has 0 amide bonds. The standard InChI is InChI=1S/C10H12N2O3S2/c1-7(2)9(13)6-12-17(14,15)10-4-3-8(5-11)16-10/h3-4,7,12H,6H2,1-2H3. The van der Waals surface area contributed by atoms with E-state index in [1.54, 1.807) is 13.8 Å². The molecule has 0 unspecified atom stereocenters. The van der Waals surface area contributed by atoms with Crippen LogP contribution >= 0.6 is 11.3 Å². The highest BCUT2D eigenvalue weighted by molar-refractivity contribution is 7.91. The smallest absolute Gasteiger partial charge is 0.250 e. The van der Waals surface area contributed by atoms with Crippen molar-refractivity contribution in [2.45, 2.75) is 18.1 Å². The fourth-order valence-electron chi connectivity index (χ4n) is 0.966. The molecule has 0 atom stereocenters. The molecule has 0 aromatic carbocycles.